The van der Waals surface area contributed by atoms with Gasteiger partial charge in [-0.15, -0.1) is 0 Å². The van der Waals surface area contributed by atoms with Crippen LogP contribution in [-0.4, -0.2) is 50.5 Å². The third-order valence-electron chi connectivity index (χ3n) is 5.12. The highest BCUT2D eigenvalue weighted by Gasteiger charge is 2.32. The molecule has 0 aliphatic heterocycles. The van der Waals surface area contributed by atoms with Crippen LogP contribution in [0.4, 0.5) is 5.69 Å². The molecule has 7 nitrogen and oxygen atoms in total. The molecule has 1 unspecified atom stereocenters. The van der Waals surface area contributed by atoms with Crippen molar-refractivity contribution in [2.45, 2.75) is 39.3 Å². The van der Waals surface area contributed by atoms with E-state index in [-0.39, 0.29) is 12.5 Å². The fraction of sp³-hybridized carbons (Fsp3) is 0.391. The summed E-state index contributed by atoms with van der Waals surface area (Å²) in [5.41, 5.74) is 0.844. The minimum absolute atomic E-state index is 0.0420. The van der Waals surface area contributed by atoms with E-state index in [1.807, 2.05) is 6.92 Å². The number of carbonyl (C=O) groups excluding carboxylic acids is 2. The van der Waals surface area contributed by atoms with E-state index in [0.717, 1.165) is 20.6 Å². The minimum atomic E-state index is -3.78. The quantitative estimate of drug-likeness (QED) is 0.361. The van der Waals surface area contributed by atoms with E-state index in [9.17, 15) is 18.0 Å². The van der Waals surface area contributed by atoms with Gasteiger partial charge in [0.15, 0.2) is 0 Å². The Morgan fingerprint density at radius 3 is 2.15 bits per heavy atom. The zero-order valence-corrected chi connectivity index (χ0v) is 23.7. The Morgan fingerprint density at radius 2 is 1.65 bits per heavy atom. The molecule has 0 saturated carbocycles. The van der Waals surface area contributed by atoms with Crippen LogP contribution >= 0.6 is 45.8 Å². The number of nitrogens with zero attached hydrogens (tertiary/aromatic N) is 2. The van der Waals surface area contributed by atoms with Crippen molar-refractivity contribution >= 4 is 73.3 Å². The lowest BCUT2D eigenvalue weighted by atomic mass is 10.1. The number of anilines is 1. The molecule has 186 valence electrons. The summed E-state index contributed by atoms with van der Waals surface area (Å²) in [6.45, 7) is 3.66. The van der Waals surface area contributed by atoms with Crippen LogP contribution in [0.3, 0.4) is 0 Å². The van der Waals surface area contributed by atoms with Gasteiger partial charge in [0.25, 0.3) is 0 Å². The highest BCUT2D eigenvalue weighted by Crippen LogP contribution is 2.27. The Kier molecular flexibility index (Phi) is 10.9. The first-order valence-corrected chi connectivity index (χ1v) is 14.4. The summed E-state index contributed by atoms with van der Waals surface area (Å²) in [6.07, 6.45) is 2.10. The molecule has 0 aliphatic rings. The van der Waals surface area contributed by atoms with Crippen LogP contribution in [-0.2, 0) is 26.2 Å². The number of sulfonamides is 1. The molecule has 0 radical (unpaired) electrons. The number of hydrogen-bond donors (Lipinski definition) is 1. The summed E-state index contributed by atoms with van der Waals surface area (Å²) in [5.74, 6) is -0.862. The lowest BCUT2D eigenvalue weighted by Gasteiger charge is -2.33. The van der Waals surface area contributed by atoms with Crippen LogP contribution in [0.2, 0.25) is 10.0 Å². The first-order chi connectivity index (χ1) is 16.0. The number of rotatable bonds is 11. The van der Waals surface area contributed by atoms with Gasteiger partial charge < -0.3 is 10.2 Å². The summed E-state index contributed by atoms with van der Waals surface area (Å²) in [7, 11) is -3.78. The van der Waals surface area contributed by atoms with Gasteiger partial charge in [-0.2, -0.15) is 0 Å². The number of benzene rings is 2. The Bertz CT molecular complexity index is 1090. The second-order valence-corrected chi connectivity index (χ2v) is 11.6. The zero-order valence-electron chi connectivity index (χ0n) is 19.2. The van der Waals surface area contributed by atoms with Gasteiger partial charge in [-0.3, -0.25) is 13.9 Å². The molecule has 2 aromatic carbocycles. The predicted molar refractivity (Wildman–Crippen MR) is 146 cm³/mol. The summed E-state index contributed by atoms with van der Waals surface area (Å²) < 4.78 is 27.1. The van der Waals surface area contributed by atoms with Crippen molar-refractivity contribution in [2.75, 3.05) is 23.7 Å². The van der Waals surface area contributed by atoms with Crippen LogP contribution in [0.1, 0.15) is 32.3 Å². The smallest absolute Gasteiger partial charge is 0.244 e. The zero-order chi connectivity index (χ0) is 25.5. The van der Waals surface area contributed by atoms with Crippen LogP contribution in [0.25, 0.3) is 0 Å². The molecule has 2 rings (SSSR count). The van der Waals surface area contributed by atoms with Crippen molar-refractivity contribution < 1.29 is 18.0 Å². The summed E-state index contributed by atoms with van der Waals surface area (Å²) in [4.78, 5) is 27.9. The van der Waals surface area contributed by atoms with E-state index in [0.29, 0.717) is 34.3 Å². The second kappa shape index (κ2) is 12.9. The molecule has 0 heterocycles. The van der Waals surface area contributed by atoms with Gasteiger partial charge in [0.1, 0.15) is 12.6 Å². The molecule has 0 fully saturated rings. The number of nitrogens with one attached hydrogen (secondary N) is 1. The molecule has 0 bridgehead atoms. The molecule has 0 aromatic heterocycles. The predicted octanol–water partition coefficient (Wildman–Crippen LogP) is 4.70. The average Bonchev–Trinajstić information content (AvgIpc) is 2.77. The highest BCUT2D eigenvalue weighted by atomic mass is 127. The largest absolute Gasteiger partial charge is 0.354 e. The normalized spacial score (nSPS) is 12.2. The average molecular weight is 640 g/mol. The van der Waals surface area contributed by atoms with E-state index in [1.165, 1.54) is 4.90 Å². The van der Waals surface area contributed by atoms with Gasteiger partial charge >= 0.3 is 0 Å². The van der Waals surface area contributed by atoms with Crippen LogP contribution < -0.4 is 9.62 Å². The topological polar surface area (TPSA) is 86.8 Å². The maximum Gasteiger partial charge on any atom is 0.244 e. The molecular weight excluding hydrogens is 612 g/mol. The monoisotopic (exact) mass is 639 g/mol. The lowest BCUT2D eigenvalue weighted by molar-refractivity contribution is -0.140. The molecule has 2 aromatic rings. The van der Waals surface area contributed by atoms with E-state index < -0.39 is 28.5 Å². The molecule has 0 spiro atoms. The number of halogens is 3. The van der Waals surface area contributed by atoms with Crippen LogP contribution in [0.5, 0.6) is 0 Å². The Balaban J connectivity index is 2.47. The Labute approximate surface area is 225 Å². The van der Waals surface area contributed by atoms with Crippen molar-refractivity contribution in [3.05, 3.63) is 61.6 Å². The maximum absolute atomic E-state index is 13.6. The third kappa shape index (κ3) is 7.73. The molecule has 1 atom stereocenters. The number of hydrogen-bond acceptors (Lipinski definition) is 4. The lowest BCUT2D eigenvalue weighted by Crippen LogP contribution is -2.52. The number of carbonyl (C=O) groups is 2. The fourth-order valence-electron chi connectivity index (χ4n) is 3.36. The van der Waals surface area contributed by atoms with Gasteiger partial charge in [-0.1, -0.05) is 43.1 Å². The third-order valence-corrected chi connectivity index (χ3v) is 7.69. The molecule has 0 saturated heterocycles. The van der Waals surface area contributed by atoms with Crippen molar-refractivity contribution in [3.63, 3.8) is 0 Å². The van der Waals surface area contributed by atoms with E-state index >= 15 is 0 Å². The fourth-order valence-corrected chi connectivity index (χ4v) is 5.09. The molecule has 0 aliphatic carbocycles. The van der Waals surface area contributed by atoms with Gasteiger partial charge in [0, 0.05) is 32.3 Å². The second-order valence-electron chi connectivity index (χ2n) is 7.68. The van der Waals surface area contributed by atoms with Crippen LogP contribution in [0, 0.1) is 3.57 Å². The minimum Gasteiger partial charge on any atom is -0.354 e. The standard InChI is InChI=1S/C23H28Cl2IN3O4S/c1-4-13-27-23(31)21(5-2)28(14-18-19(24)7-6-8-20(18)25)22(30)15-29(34(3,32)33)17-11-9-16(26)10-12-17/h6-12,21H,4-5,13-15H2,1-3H3,(H,27,31). The first kappa shape index (κ1) is 28.7. The van der Waals surface area contributed by atoms with Crippen molar-refractivity contribution in [1.29, 1.82) is 0 Å². The summed E-state index contributed by atoms with van der Waals surface area (Å²) >= 11 is 14.8. The van der Waals surface area contributed by atoms with Crippen LogP contribution in [0.15, 0.2) is 42.5 Å². The van der Waals surface area contributed by atoms with E-state index in [1.54, 1.807) is 49.4 Å². The molecule has 11 heteroatoms. The van der Waals surface area contributed by atoms with Crippen molar-refractivity contribution in [3.8, 4) is 0 Å². The Morgan fingerprint density at radius 1 is 1.06 bits per heavy atom. The van der Waals surface area contributed by atoms with Crippen molar-refractivity contribution in [1.82, 2.24) is 10.2 Å². The van der Waals surface area contributed by atoms with E-state index in [4.69, 9.17) is 23.2 Å². The Hall–Kier alpha value is -1.56. The summed E-state index contributed by atoms with van der Waals surface area (Å²) in [6, 6.07) is 10.9. The molecule has 2 amide bonds. The van der Waals surface area contributed by atoms with Gasteiger partial charge in [0.05, 0.1) is 11.9 Å². The highest BCUT2D eigenvalue weighted by molar-refractivity contribution is 14.1. The summed E-state index contributed by atoms with van der Waals surface area (Å²) in [5, 5.41) is 3.53. The SMILES string of the molecule is CCCNC(=O)C(CC)N(Cc1c(Cl)cccc1Cl)C(=O)CN(c1ccc(I)cc1)S(C)(=O)=O. The van der Waals surface area contributed by atoms with Gasteiger partial charge in [-0.05, 0) is 71.8 Å². The molecule has 1 N–H and O–H groups in total. The van der Waals surface area contributed by atoms with Crippen molar-refractivity contribution in [2.24, 2.45) is 0 Å². The first-order valence-electron chi connectivity index (χ1n) is 10.7. The number of amides is 2. The maximum atomic E-state index is 13.6. The van der Waals surface area contributed by atoms with E-state index in [2.05, 4.69) is 27.9 Å². The van der Waals surface area contributed by atoms with Gasteiger partial charge in [-0.25, -0.2) is 8.42 Å². The molecule has 34 heavy (non-hydrogen) atoms. The van der Waals surface area contributed by atoms with Gasteiger partial charge in [0.2, 0.25) is 21.8 Å². The molecular formula is C23H28Cl2IN3O4S.